The monoisotopic (exact) mass is 1370 g/mol. The second-order valence-corrected chi connectivity index (χ2v) is 75.3. The standard InChI is InChI=1S/S43/c1-3-5-7-9-11-13-15-17-19-21-23-25-27-29-31-33-35-37-39-41-43-42-40-38-36-34-32-30-28-26-24-22-20-18-16-14-12-10-8-6-4-2. The van der Waals surface area contributed by atoms with Crippen LogP contribution in [0.5, 0.6) is 0 Å². The van der Waals surface area contributed by atoms with Crippen LogP contribution < -0.4 is 0 Å². The maximum absolute atomic E-state index is 4.81. The summed E-state index contributed by atoms with van der Waals surface area (Å²) < 4.78 is 0. The van der Waals surface area contributed by atoms with E-state index in [4.69, 9.17) is 22.4 Å². The van der Waals surface area contributed by atoms with Crippen LogP contribution in [0, 0.1) is 0 Å². The molecular formula is S43. The average molecular weight is 1380 g/mol. The van der Waals surface area contributed by atoms with Crippen LogP contribution in [0.1, 0.15) is 0 Å². The van der Waals surface area contributed by atoms with E-state index in [1.54, 1.807) is 107 Å². The quantitative estimate of drug-likeness (QED) is 0.333. The molecule has 0 N–H and O–H groups in total. The second-order valence-electron chi connectivity index (χ2n) is 2.79. The molecule has 0 aromatic rings. The number of rotatable bonds is 0. The van der Waals surface area contributed by atoms with E-state index in [9.17, 15) is 0 Å². The molecule has 43 heteroatoms. The van der Waals surface area contributed by atoms with Gasteiger partial charge in [-0.1, -0.05) is 0 Å². The molecule has 0 aliphatic carbocycles. The third-order valence-corrected chi connectivity index (χ3v) is 90.0. The van der Waals surface area contributed by atoms with E-state index in [1.165, 1.54) is 17.8 Å². The van der Waals surface area contributed by atoms with Gasteiger partial charge in [0.2, 0.25) is 0 Å². The van der Waals surface area contributed by atoms with E-state index in [1.807, 2.05) is 240 Å². The molecule has 258 valence electrons. The maximum atomic E-state index is 4.81. The summed E-state index contributed by atoms with van der Waals surface area (Å²) in [4.78, 5) is 0. The van der Waals surface area contributed by atoms with Gasteiger partial charge in [0.1, 0.15) is 0 Å². The Bertz CT molecular complexity index is 2640. The van der Waals surface area contributed by atoms with Crippen LogP contribution in [-0.4, -0.2) is 0 Å². The van der Waals surface area contributed by atoms with Crippen LogP contribution in [0.4, 0.5) is 0 Å². The Hall–Kier alpha value is 9.46. The van der Waals surface area contributed by atoms with Gasteiger partial charge in [0.05, 0.1) is 0 Å². The molecule has 43 heavy (non-hydrogen) atoms. The molecular weight excluding hydrogens is 1380 g/mol. The normalized spacial score (nSPS) is 7.72. The topological polar surface area (TPSA) is 0 Å². The van der Waals surface area contributed by atoms with Crippen LogP contribution in [0.2, 0.25) is 0 Å². The maximum Gasteiger partial charge on any atom is 0 e. The first-order chi connectivity index (χ1) is 21.4. The minimum absolute atomic E-state index is 1.37. The summed E-state index contributed by atoms with van der Waals surface area (Å²) in [6.45, 7) is 0. The Morgan fingerprint density at radius 2 is 0.186 bits per heavy atom. The van der Waals surface area contributed by atoms with Crippen LogP contribution in [0.15, 0.2) is 0 Å². The van der Waals surface area contributed by atoms with Crippen molar-refractivity contribution in [3.05, 3.63) is 0 Å². The van der Waals surface area contributed by atoms with Crippen molar-refractivity contribution >= 4 is 386 Å². The van der Waals surface area contributed by atoms with Crippen LogP contribution in [0.3, 0.4) is 0 Å². The lowest BCUT2D eigenvalue weighted by atomic mass is 30.7. The van der Waals surface area contributed by atoms with Gasteiger partial charge in [-0.25, -0.2) is 0 Å². The highest BCUT2D eigenvalue weighted by atomic mass is 33.5. The van der Waals surface area contributed by atoms with Crippen molar-refractivity contribution in [3.63, 3.8) is 0 Å². The summed E-state index contributed by atoms with van der Waals surface area (Å²) in [5.41, 5.74) is 0. The van der Waals surface area contributed by atoms with Crippen molar-refractivity contribution in [2.45, 2.75) is 0 Å². The molecule has 0 saturated heterocycles. The molecule has 0 nitrogen and oxygen atoms in total. The molecule has 0 aliphatic rings. The summed E-state index contributed by atoms with van der Waals surface area (Å²) in [5, 5.41) is 0. The van der Waals surface area contributed by atoms with Crippen molar-refractivity contribution in [2.24, 2.45) is 0 Å². The summed E-state index contributed by atoms with van der Waals surface area (Å²) in [5.74, 6) is 0. The van der Waals surface area contributed by atoms with Gasteiger partial charge in [0.15, 0.2) is 0 Å². The molecule has 0 rings (SSSR count). The minimum Gasteiger partial charge on any atom is 0 e. The van der Waals surface area contributed by atoms with Gasteiger partial charge in [0, 0.05) is 386 Å². The summed E-state index contributed by atoms with van der Waals surface area (Å²) in [7, 11) is 72.9. The fourth-order valence-corrected chi connectivity index (χ4v) is 107. The first kappa shape index (κ1) is 52.5. The van der Waals surface area contributed by atoms with Gasteiger partial charge < -0.3 is 0 Å². The zero-order chi connectivity index (χ0) is 31.0. The van der Waals surface area contributed by atoms with Crippen LogP contribution in [-0.2, 0) is 386 Å². The molecule has 0 heterocycles. The van der Waals surface area contributed by atoms with E-state index in [0.29, 0.717) is 0 Å². The highest BCUT2D eigenvalue weighted by molar-refractivity contribution is 8.81. The van der Waals surface area contributed by atoms with Crippen LogP contribution in [0.25, 0.3) is 0 Å². The smallest absolute Gasteiger partial charge is 0 e. The van der Waals surface area contributed by atoms with Crippen molar-refractivity contribution in [2.75, 3.05) is 0 Å². The minimum atomic E-state index is 1.37. The van der Waals surface area contributed by atoms with Crippen molar-refractivity contribution in [1.82, 2.24) is 0 Å². The molecule has 0 fully saturated rings. The van der Waals surface area contributed by atoms with Crippen molar-refractivity contribution in [1.29, 1.82) is 0 Å². The summed E-state index contributed by atoms with van der Waals surface area (Å²) in [6, 6.07) is 0. The molecule has 0 spiro atoms. The molecule has 0 radical (unpaired) electrons. The van der Waals surface area contributed by atoms with E-state index < -0.39 is 0 Å². The molecule has 0 saturated carbocycles. The summed E-state index contributed by atoms with van der Waals surface area (Å²) in [6.07, 6.45) is 0. The molecule has 0 atom stereocenters. The first-order valence-corrected chi connectivity index (χ1v) is 63.0. The fourth-order valence-electron chi connectivity index (χ4n) is 0.442. The lowest BCUT2D eigenvalue weighted by molar-refractivity contribution is 5.96. The predicted octanol–water partition coefficient (Wildman–Crippen LogP) is -0.103. The lowest BCUT2D eigenvalue weighted by Crippen LogP contribution is -1.41. The molecule has 0 unspecified atom stereocenters. The van der Waals surface area contributed by atoms with E-state index in [-0.39, 0.29) is 0 Å². The largest absolute Gasteiger partial charge is 0 e. The Labute approximate surface area is 375 Å². The molecule has 0 aromatic carbocycles. The van der Waals surface area contributed by atoms with E-state index in [0.717, 1.165) is 0 Å². The predicted molar refractivity (Wildman–Crippen MR) is 317 cm³/mol. The third kappa shape index (κ3) is 51.5. The van der Waals surface area contributed by atoms with Gasteiger partial charge in [-0.15, -0.1) is 0 Å². The lowest BCUT2D eigenvalue weighted by Gasteiger charge is -1.41. The van der Waals surface area contributed by atoms with Gasteiger partial charge in [-0.05, 0) is 0 Å². The highest BCUT2D eigenvalue weighted by Gasteiger charge is 1.45. The second kappa shape index (κ2) is 51.5. The number of hydrogen-bond acceptors (Lipinski definition) is 2. The number of hydrogen-bond donors (Lipinski definition) is 0. The third-order valence-electron chi connectivity index (χ3n) is 1.11. The molecule has 0 aliphatic heterocycles. The molecule has 0 bridgehead atoms. The average Bonchev–Trinajstić information content (AvgIpc) is 3.02. The zero-order valence-electron chi connectivity index (χ0n) is 17.6. The van der Waals surface area contributed by atoms with Gasteiger partial charge in [-0.2, -0.15) is 0 Å². The molecule has 0 amide bonds. The Morgan fingerprint density at radius 1 is 0.116 bits per heavy atom. The van der Waals surface area contributed by atoms with Crippen molar-refractivity contribution < 1.29 is 0 Å². The SMILES string of the molecule is S=S=S=S=S=S=S=S=S=S=S=S=S=S=S=S=S=S=S=S=S=S=S=S=S=S=S=S=S=S=S=S=S=S=S=S=S=S=S=S=S=S=S. The van der Waals surface area contributed by atoms with E-state index >= 15 is 0 Å². The van der Waals surface area contributed by atoms with Gasteiger partial charge in [0.25, 0.3) is 0 Å². The Morgan fingerprint density at radius 3 is 0.256 bits per heavy atom. The van der Waals surface area contributed by atoms with Gasteiger partial charge in [-0.3, -0.25) is 0 Å². The fraction of sp³-hybridized carbons (Fsp3) is 0. The Balaban J connectivity index is 6.05. The molecule has 0 aromatic heterocycles. The van der Waals surface area contributed by atoms with Gasteiger partial charge >= 0.3 is 0 Å². The summed E-state index contributed by atoms with van der Waals surface area (Å²) >= 11 is 9.61. The Kier molecular flexibility index (Phi) is 62.8. The first-order valence-electron chi connectivity index (χ1n) is 7.00. The van der Waals surface area contributed by atoms with E-state index in [2.05, 4.69) is 0 Å². The van der Waals surface area contributed by atoms with Crippen LogP contribution >= 0.6 is 0 Å². The zero-order valence-corrected chi connectivity index (χ0v) is 52.7. The van der Waals surface area contributed by atoms with Crippen molar-refractivity contribution in [3.8, 4) is 0 Å². The highest BCUT2D eigenvalue weighted by Crippen LogP contribution is 1.44.